The summed E-state index contributed by atoms with van der Waals surface area (Å²) in [5.74, 6) is -0.850. The van der Waals surface area contributed by atoms with Crippen molar-refractivity contribution in [2.45, 2.75) is 31.3 Å². The van der Waals surface area contributed by atoms with Crippen LogP contribution in [-0.4, -0.2) is 59.9 Å². The zero-order valence-electron chi connectivity index (χ0n) is 10.4. The van der Waals surface area contributed by atoms with Gasteiger partial charge in [0.15, 0.2) is 0 Å². The lowest BCUT2D eigenvalue weighted by Crippen LogP contribution is -2.63. The quantitative estimate of drug-likeness (QED) is 0.630. The van der Waals surface area contributed by atoms with Crippen molar-refractivity contribution in [2.24, 2.45) is 5.41 Å². The van der Waals surface area contributed by atoms with E-state index >= 15 is 0 Å². The molecule has 0 amide bonds. The van der Waals surface area contributed by atoms with Gasteiger partial charge in [-0.15, -0.1) is 0 Å². The zero-order valence-corrected chi connectivity index (χ0v) is 10.4. The molecule has 98 valence electrons. The van der Waals surface area contributed by atoms with E-state index in [1.165, 1.54) is 0 Å². The molecule has 0 aromatic heterocycles. The molecule has 17 heavy (non-hydrogen) atoms. The Morgan fingerprint density at radius 2 is 1.94 bits per heavy atom. The minimum atomic E-state index is -1.06. The molecule has 0 radical (unpaired) electrons. The van der Waals surface area contributed by atoms with Crippen LogP contribution in [0.3, 0.4) is 0 Å². The van der Waals surface area contributed by atoms with Crippen molar-refractivity contribution >= 4 is 5.97 Å². The van der Waals surface area contributed by atoms with E-state index in [0.717, 1.165) is 26.1 Å². The number of piperidine rings is 2. The third kappa shape index (κ3) is 2.07. The Hall–Kier alpha value is -0.650. The van der Waals surface area contributed by atoms with Crippen molar-refractivity contribution in [3.8, 4) is 0 Å². The highest BCUT2D eigenvalue weighted by Gasteiger charge is 2.56. The molecule has 0 spiro atoms. The lowest BCUT2D eigenvalue weighted by molar-refractivity contribution is -0.180. The van der Waals surface area contributed by atoms with Crippen LogP contribution in [0.1, 0.15) is 25.7 Å². The Kier molecular flexibility index (Phi) is 3.43. The number of hydrogen-bond donors (Lipinski definition) is 3. The fourth-order valence-electron chi connectivity index (χ4n) is 3.15. The standard InChI is InChI=1S/C12H22N2O3/c1-14-7-4-12(17,5-8-14)11(10(15)16)3-2-6-13-9-11/h13,17H,2-9H2,1H3,(H,15,16). The molecule has 2 heterocycles. The van der Waals surface area contributed by atoms with E-state index in [1.54, 1.807) is 0 Å². The molecule has 2 aliphatic heterocycles. The molecule has 2 rings (SSSR count). The SMILES string of the molecule is CN1CCC(O)(C2(C(=O)O)CCCNC2)CC1. The first kappa shape index (κ1) is 12.8. The van der Waals surface area contributed by atoms with Gasteiger partial charge in [0, 0.05) is 19.6 Å². The molecule has 2 fully saturated rings. The van der Waals surface area contributed by atoms with Gasteiger partial charge in [0.1, 0.15) is 5.41 Å². The predicted molar refractivity (Wildman–Crippen MR) is 63.9 cm³/mol. The lowest BCUT2D eigenvalue weighted by atomic mass is 9.63. The van der Waals surface area contributed by atoms with Gasteiger partial charge in [0.25, 0.3) is 0 Å². The molecule has 0 bridgehead atoms. The first-order chi connectivity index (χ1) is 8.00. The molecule has 2 aliphatic rings. The first-order valence-electron chi connectivity index (χ1n) is 6.35. The fraction of sp³-hybridized carbons (Fsp3) is 0.917. The largest absolute Gasteiger partial charge is 0.481 e. The molecule has 0 saturated carbocycles. The smallest absolute Gasteiger partial charge is 0.313 e. The number of hydrogen-bond acceptors (Lipinski definition) is 4. The fourth-order valence-corrected chi connectivity index (χ4v) is 3.15. The van der Waals surface area contributed by atoms with Crippen molar-refractivity contribution in [1.82, 2.24) is 10.2 Å². The highest BCUT2D eigenvalue weighted by molar-refractivity contribution is 5.77. The number of aliphatic carboxylic acids is 1. The van der Waals surface area contributed by atoms with Crippen molar-refractivity contribution < 1.29 is 15.0 Å². The Morgan fingerprint density at radius 1 is 1.29 bits per heavy atom. The van der Waals surface area contributed by atoms with E-state index in [0.29, 0.717) is 25.8 Å². The van der Waals surface area contributed by atoms with Gasteiger partial charge in [-0.25, -0.2) is 0 Å². The normalized spacial score (nSPS) is 34.5. The molecule has 2 saturated heterocycles. The number of carboxylic acid groups (broad SMARTS) is 1. The van der Waals surface area contributed by atoms with Crippen LogP contribution in [0.5, 0.6) is 0 Å². The molecule has 1 atom stereocenters. The van der Waals surface area contributed by atoms with Crippen molar-refractivity contribution in [1.29, 1.82) is 0 Å². The average molecular weight is 242 g/mol. The first-order valence-corrected chi connectivity index (χ1v) is 6.35. The van der Waals surface area contributed by atoms with Crippen LogP contribution in [0.4, 0.5) is 0 Å². The second-order valence-corrected chi connectivity index (χ2v) is 5.50. The van der Waals surface area contributed by atoms with Gasteiger partial charge in [-0.3, -0.25) is 4.79 Å². The maximum absolute atomic E-state index is 11.6. The highest BCUT2D eigenvalue weighted by Crippen LogP contribution is 2.44. The number of nitrogens with zero attached hydrogens (tertiary/aromatic N) is 1. The van der Waals surface area contributed by atoms with E-state index in [9.17, 15) is 15.0 Å². The average Bonchev–Trinajstić information content (AvgIpc) is 2.34. The van der Waals surface area contributed by atoms with Gasteiger partial charge in [0.2, 0.25) is 0 Å². The molecule has 3 N–H and O–H groups in total. The molecular weight excluding hydrogens is 220 g/mol. The molecule has 0 aliphatic carbocycles. The summed E-state index contributed by atoms with van der Waals surface area (Å²) < 4.78 is 0. The Balaban J connectivity index is 2.23. The van der Waals surface area contributed by atoms with Crippen LogP contribution in [0.2, 0.25) is 0 Å². The Labute approximate surface area is 102 Å². The van der Waals surface area contributed by atoms with E-state index in [1.807, 2.05) is 7.05 Å². The summed E-state index contributed by atoms with van der Waals surface area (Å²) in [6.07, 6.45) is 2.51. The van der Waals surface area contributed by atoms with E-state index in [-0.39, 0.29) is 0 Å². The molecule has 0 aromatic rings. The number of aliphatic hydroxyl groups is 1. The second-order valence-electron chi connectivity index (χ2n) is 5.50. The van der Waals surface area contributed by atoms with Crippen LogP contribution < -0.4 is 5.32 Å². The van der Waals surface area contributed by atoms with Gasteiger partial charge >= 0.3 is 5.97 Å². The third-order valence-corrected chi connectivity index (χ3v) is 4.50. The van der Waals surface area contributed by atoms with Gasteiger partial charge in [0.05, 0.1) is 5.60 Å². The second kappa shape index (κ2) is 4.55. The molecule has 0 aromatic carbocycles. The summed E-state index contributed by atoms with van der Waals surface area (Å²) in [5.41, 5.74) is -2.05. The number of likely N-dealkylation sites (tertiary alicyclic amines) is 1. The molecule has 1 unspecified atom stereocenters. The maximum atomic E-state index is 11.6. The minimum absolute atomic E-state index is 0.391. The number of carbonyl (C=O) groups is 1. The van der Waals surface area contributed by atoms with Crippen LogP contribution in [0, 0.1) is 5.41 Å². The predicted octanol–water partition coefficient (Wildman–Crippen LogP) is -0.103. The van der Waals surface area contributed by atoms with Crippen LogP contribution >= 0.6 is 0 Å². The third-order valence-electron chi connectivity index (χ3n) is 4.50. The summed E-state index contributed by atoms with van der Waals surface area (Å²) in [7, 11) is 2.01. The number of nitrogens with one attached hydrogen (secondary N) is 1. The Bertz CT molecular complexity index is 292. The number of carboxylic acids is 1. The van der Waals surface area contributed by atoms with Crippen LogP contribution in [-0.2, 0) is 4.79 Å². The summed E-state index contributed by atoms with van der Waals surface area (Å²) >= 11 is 0. The van der Waals surface area contributed by atoms with Crippen LogP contribution in [0.15, 0.2) is 0 Å². The van der Waals surface area contributed by atoms with Crippen molar-refractivity contribution in [3.05, 3.63) is 0 Å². The van der Waals surface area contributed by atoms with E-state index in [2.05, 4.69) is 10.2 Å². The number of rotatable bonds is 2. The summed E-state index contributed by atoms with van der Waals surface area (Å²) in [6, 6.07) is 0. The summed E-state index contributed by atoms with van der Waals surface area (Å²) in [6.45, 7) is 2.78. The summed E-state index contributed by atoms with van der Waals surface area (Å²) in [5, 5.41) is 23.5. The van der Waals surface area contributed by atoms with E-state index in [4.69, 9.17) is 0 Å². The Morgan fingerprint density at radius 3 is 2.41 bits per heavy atom. The van der Waals surface area contributed by atoms with Gasteiger partial charge in [-0.05, 0) is 39.3 Å². The molecule has 5 nitrogen and oxygen atoms in total. The monoisotopic (exact) mass is 242 g/mol. The zero-order chi connectivity index (χ0) is 12.5. The van der Waals surface area contributed by atoms with Crippen molar-refractivity contribution in [2.75, 3.05) is 33.2 Å². The lowest BCUT2D eigenvalue weighted by Gasteiger charge is -2.49. The van der Waals surface area contributed by atoms with E-state index < -0.39 is 17.0 Å². The molecular formula is C12H22N2O3. The maximum Gasteiger partial charge on any atom is 0.313 e. The topological polar surface area (TPSA) is 72.8 Å². The summed E-state index contributed by atoms with van der Waals surface area (Å²) in [4.78, 5) is 13.8. The van der Waals surface area contributed by atoms with Crippen LogP contribution in [0.25, 0.3) is 0 Å². The van der Waals surface area contributed by atoms with Crippen molar-refractivity contribution in [3.63, 3.8) is 0 Å². The van der Waals surface area contributed by atoms with Gasteiger partial charge < -0.3 is 20.4 Å². The van der Waals surface area contributed by atoms with Gasteiger partial charge in [-0.1, -0.05) is 0 Å². The van der Waals surface area contributed by atoms with Gasteiger partial charge in [-0.2, -0.15) is 0 Å². The minimum Gasteiger partial charge on any atom is -0.481 e. The highest BCUT2D eigenvalue weighted by atomic mass is 16.4. The molecule has 5 heteroatoms.